The van der Waals surface area contributed by atoms with Crippen LogP contribution in [0.25, 0.3) is 0 Å². The zero-order valence-corrected chi connectivity index (χ0v) is 15.7. The van der Waals surface area contributed by atoms with Crippen LogP contribution >= 0.6 is 0 Å². The van der Waals surface area contributed by atoms with Gasteiger partial charge in [-0.15, -0.1) is 0 Å². The molecule has 0 aliphatic carbocycles. The molecule has 4 nitrogen and oxygen atoms in total. The van der Waals surface area contributed by atoms with E-state index >= 15 is 0 Å². The van der Waals surface area contributed by atoms with E-state index < -0.39 is 0 Å². The smallest absolute Gasteiger partial charge is 0.249 e. The molecule has 0 bridgehead atoms. The van der Waals surface area contributed by atoms with Gasteiger partial charge in [0.15, 0.2) is 0 Å². The molecule has 3 rings (SSSR count). The first-order valence-corrected chi connectivity index (χ1v) is 9.87. The molecule has 2 fully saturated rings. The van der Waals surface area contributed by atoms with Gasteiger partial charge in [-0.25, -0.2) is 0 Å². The Morgan fingerprint density at radius 1 is 1.24 bits per heavy atom. The van der Waals surface area contributed by atoms with Crippen LogP contribution in [-0.4, -0.2) is 48.2 Å². The number of hydrogen-bond donors (Lipinski definition) is 1. The van der Waals surface area contributed by atoms with Crippen molar-refractivity contribution in [2.45, 2.75) is 70.1 Å². The van der Waals surface area contributed by atoms with Crippen molar-refractivity contribution < 1.29 is 9.53 Å². The Labute approximate surface area is 151 Å². The molecule has 25 heavy (non-hydrogen) atoms. The molecule has 0 saturated carbocycles. The van der Waals surface area contributed by atoms with Crippen LogP contribution in [0.15, 0.2) is 30.3 Å². The molecule has 2 aliphatic rings. The second-order valence-electron chi connectivity index (χ2n) is 7.62. The molecule has 0 aromatic heterocycles. The van der Waals surface area contributed by atoms with Gasteiger partial charge in [0.05, 0.1) is 11.6 Å². The summed E-state index contributed by atoms with van der Waals surface area (Å²) in [5, 5.41) is 3.19. The second-order valence-corrected chi connectivity index (χ2v) is 7.62. The molecule has 2 aliphatic heterocycles. The van der Waals surface area contributed by atoms with Gasteiger partial charge in [0.1, 0.15) is 6.10 Å². The number of carbonyl (C=O) groups is 1. The summed E-state index contributed by atoms with van der Waals surface area (Å²) < 4.78 is 6.41. The number of morpholine rings is 1. The summed E-state index contributed by atoms with van der Waals surface area (Å²) in [7, 11) is 0. The average Bonchev–Trinajstić information content (AvgIpc) is 2.64. The maximum atomic E-state index is 12.2. The van der Waals surface area contributed by atoms with Crippen molar-refractivity contribution in [2.75, 3.05) is 19.6 Å². The standard InChI is InChI=1S/C21H32N2O2/c1-3-4-10-19-20(24)22-17(2)21(25-19)12-15-23(16-13-21)14-11-18-8-6-5-7-9-18/h5-9,17,19H,3-4,10-16H2,1-2H3,(H,22,24). The number of likely N-dealkylation sites (tertiary alicyclic amines) is 1. The van der Waals surface area contributed by atoms with Crippen LogP contribution in [0, 0.1) is 0 Å². The maximum absolute atomic E-state index is 12.2. The number of rotatable bonds is 6. The number of nitrogens with one attached hydrogen (secondary N) is 1. The lowest BCUT2D eigenvalue weighted by molar-refractivity contribution is -0.183. The van der Waals surface area contributed by atoms with Gasteiger partial charge in [-0.2, -0.15) is 0 Å². The van der Waals surface area contributed by atoms with Crippen LogP contribution in [-0.2, 0) is 16.0 Å². The number of ether oxygens (including phenoxy) is 1. The predicted octanol–water partition coefficient (Wildman–Crippen LogP) is 3.16. The van der Waals surface area contributed by atoms with Gasteiger partial charge in [-0.1, -0.05) is 50.1 Å². The summed E-state index contributed by atoms with van der Waals surface area (Å²) in [5.74, 6) is 0.0816. The molecule has 1 spiro atoms. The number of hydrogen-bond acceptors (Lipinski definition) is 3. The zero-order valence-electron chi connectivity index (χ0n) is 15.7. The fourth-order valence-corrected chi connectivity index (χ4v) is 4.09. The van der Waals surface area contributed by atoms with Crippen molar-refractivity contribution in [3.8, 4) is 0 Å². The van der Waals surface area contributed by atoms with Gasteiger partial charge < -0.3 is 15.0 Å². The van der Waals surface area contributed by atoms with Gasteiger partial charge >= 0.3 is 0 Å². The van der Waals surface area contributed by atoms with Crippen molar-refractivity contribution in [1.29, 1.82) is 0 Å². The van der Waals surface area contributed by atoms with Gasteiger partial charge in [0, 0.05) is 19.6 Å². The monoisotopic (exact) mass is 344 g/mol. The van der Waals surface area contributed by atoms with E-state index in [1.165, 1.54) is 5.56 Å². The van der Waals surface area contributed by atoms with Gasteiger partial charge in [-0.05, 0) is 38.2 Å². The lowest BCUT2D eigenvalue weighted by Crippen LogP contribution is -2.65. The van der Waals surface area contributed by atoms with Crippen LogP contribution in [0.2, 0.25) is 0 Å². The van der Waals surface area contributed by atoms with Crippen LogP contribution in [0.1, 0.15) is 51.5 Å². The fraction of sp³-hybridized carbons (Fsp3) is 0.667. The number of amides is 1. The highest BCUT2D eigenvalue weighted by Gasteiger charge is 2.47. The van der Waals surface area contributed by atoms with Crippen molar-refractivity contribution >= 4 is 5.91 Å². The van der Waals surface area contributed by atoms with E-state index in [1.54, 1.807) is 0 Å². The van der Waals surface area contributed by atoms with Crippen LogP contribution in [0.4, 0.5) is 0 Å². The Balaban J connectivity index is 1.53. The predicted molar refractivity (Wildman–Crippen MR) is 101 cm³/mol. The summed E-state index contributed by atoms with van der Waals surface area (Å²) in [6.45, 7) is 7.46. The highest BCUT2D eigenvalue weighted by molar-refractivity contribution is 5.82. The molecule has 2 atom stereocenters. The molecule has 2 heterocycles. The summed E-state index contributed by atoms with van der Waals surface area (Å²) in [4.78, 5) is 14.7. The Bertz CT molecular complexity index is 552. The van der Waals surface area contributed by atoms with Crippen molar-refractivity contribution in [2.24, 2.45) is 0 Å². The average molecular weight is 344 g/mol. The molecule has 2 saturated heterocycles. The minimum Gasteiger partial charge on any atom is -0.360 e. The van der Waals surface area contributed by atoms with Crippen molar-refractivity contribution in [1.82, 2.24) is 10.2 Å². The van der Waals surface area contributed by atoms with E-state index in [0.717, 1.165) is 58.2 Å². The van der Waals surface area contributed by atoms with E-state index in [2.05, 4.69) is 54.4 Å². The highest BCUT2D eigenvalue weighted by Crippen LogP contribution is 2.35. The number of piperidine rings is 1. The first-order valence-electron chi connectivity index (χ1n) is 9.87. The zero-order chi connectivity index (χ0) is 17.7. The van der Waals surface area contributed by atoms with Gasteiger partial charge in [-0.3, -0.25) is 4.79 Å². The highest BCUT2D eigenvalue weighted by atomic mass is 16.5. The fourth-order valence-electron chi connectivity index (χ4n) is 4.09. The number of benzene rings is 1. The first kappa shape index (κ1) is 18.4. The molecule has 2 unspecified atom stereocenters. The number of nitrogens with zero attached hydrogens (tertiary/aromatic N) is 1. The van der Waals surface area contributed by atoms with Crippen LogP contribution in [0.3, 0.4) is 0 Å². The quantitative estimate of drug-likeness (QED) is 0.862. The molecule has 1 N–H and O–H groups in total. The van der Waals surface area contributed by atoms with E-state index in [4.69, 9.17) is 4.74 Å². The summed E-state index contributed by atoms with van der Waals surface area (Å²) in [6.07, 6.45) is 5.84. The molecular formula is C21H32N2O2. The van der Waals surface area contributed by atoms with Crippen LogP contribution in [0.5, 0.6) is 0 Å². The molecule has 0 radical (unpaired) electrons. The third-order valence-corrected chi connectivity index (χ3v) is 5.90. The van der Waals surface area contributed by atoms with Crippen molar-refractivity contribution in [3.63, 3.8) is 0 Å². The minimum atomic E-state index is -0.257. The Morgan fingerprint density at radius 3 is 2.64 bits per heavy atom. The van der Waals surface area contributed by atoms with Crippen molar-refractivity contribution in [3.05, 3.63) is 35.9 Å². The largest absolute Gasteiger partial charge is 0.360 e. The Kier molecular flexibility index (Phi) is 6.13. The summed E-state index contributed by atoms with van der Waals surface area (Å²) in [5.41, 5.74) is 1.23. The number of unbranched alkanes of at least 4 members (excludes halogenated alkanes) is 1. The molecule has 1 aromatic carbocycles. The Hall–Kier alpha value is -1.39. The normalized spacial score (nSPS) is 26.6. The molecule has 138 valence electrons. The third kappa shape index (κ3) is 4.42. The summed E-state index contributed by atoms with van der Waals surface area (Å²) in [6, 6.07) is 10.8. The van der Waals surface area contributed by atoms with Crippen LogP contribution < -0.4 is 5.32 Å². The van der Waals surface area contributed by atoms with E-state index in [0.29, 0.717) is 0 Å². The van der Waals surface area contributed by atoms with Gasteiger partial charge in [0.25, 0.3) is 0 Å². The SMILES string of the molecule is CCCCC1OC2(CCN(CCc3ccccc3)CC2)C(C)NC1=O. The third-order valence-electron chi connectivity index (χ3n) is 5.90. The molecule has 1 aromatic rings. The number of carbonyl (C=O) groups excluding carboxylic acids is 1. The molecular weight excluding hydrogens is 312 g/mol. The topological polar surface area (TPSA) is 41.6 Å². The Morgan fingerprint density at radius 2 is 1.96 bits per heavy atom. The maximum Gasteiger partial charge on any atom is 0.249 e. The molecule has 1 amide bonds. The molecule has 4 heteroatoms. The second kappa shape index (κ2) is 8.33. The minimum absolute atomic E-state index is 0.0816. The van der Waals surface area contributed by atoms with Gasteiger partial charge in [0.2, 0.25) is 5.91 Å². The first-order chi connectivity index (χ1) is 12.1. The summed E-state index contributed by atoms with van der Waals surface area (Å²) >= 11 is 0. The van der Waals surface area contributed by atoms with E-state index in [1.807, 2.05) is 0 Å². The van der Waals surface area contributed by atoms with E-state index in [9.17, 15) is 4.79 Å². The lowest BCUT2D eigenvalue weighted by atomic mass is 9.82. The van der Waals surface area contributed by atoms with E-state index in [-0.39, 0.29) is 23.7 Å². The lowest BCUT2D eigenvalue weighted by Gasteiger charge is -2.50.